The number of hydrogen-bond acceptors (Lipinski definition) is 5. The molecule has 4 aromatic rings. The van der Waals surface area contributed by atoms with Gasteiger partial charge in [0.2, 0.25) is 0 Å². The summed E-state index contributed by atoms with van der Waals surface area (Å²) in [7, 11) is 3.29. The van der Waals surface area contributed by atoms with Crippen molar-refractivity contribution in [1.82, 2.24) is 19.7 Å². The second-order valence-electron chi connectivity index (χ2n) is 5.93. The minimum atomic E-state index is 0.451. The number of aromatic nitrogens is 4. The first-order valence-electron chi connectivity index (χ1n) is 8.16. The van der Waals surface area contributed by atoms with Crippen molar-refractivity contribution >= 4 is 16.9 Å². The van der Waals surface area contributed by atoms with Gasteiger partial charge in [-0.3, -0.25) is 4.68 Å². The first-order valence-corrected chi connectivity index (χ1v) is 8.16. The van der Waals surface area contributed by atoms with Crippen LogP contribution in [0.25, 0.3) is 22.6 Å². The van der Waals surface area contributed by atoms with Gasteiger partial charge in [0.15, 0.2) is 5.82 Å². The molecular formula is C19H19N5O2. The SMILES string of the molecule is COc1ccc(Cn2nc(N)cc2-c2nc3cc(OC)ccc3[nH]2)cc1. The average Bonchev–Trinajstić information content (AvgIpc) is 3.24. The number of ether oxygens (including phenoxy) is 2. The van der Waals surface area contributed by atoms with Crippen molar-refractivity contribution < 1.29 is 9.47 Å². The predicted octanol–water partition coefficient (Wildman–Crippen LogP) is 3.07. The molecule has 7 nitrogen and oxygen atoms in total. The van der Waals surface area contributed by atoms with E-state index in [-0.39, 0.29) is 0 Å². The normalized spacial score (nSPS) is 11.0. The minimum Gasteiger partial charge on any atom is -0.497 e. The number of imidazole rings is 1. The fourth-order valence-electron chi connectivity index (χ4n) is 2.89. The summed E-state index contributed by atoms with van der Waals surface area (Å²) >= 11 is 0. The Bertz CT molecular complexity index is 1050. The molecule has 7 heteroatoms. The van der Waals surface area contributed by atoms with E-state index in [1.807, 2.05) is 53.2 Å². The molecule has 0 bridgehead atoms. The van der Waals surface area contributed by atoms with Crippen LogP contribution in [0, 0.1) is 0 Å². The zero-order chi connectivity index (χ0) is 18.1. The molecule has 2 aromatic heterocycles. The van der Waals surface area contributed by atoms with E-state index in [2.05, 4.69) is 15.1 Å². The lowest BCUT2D eigenvalue weighted by molar-refractivity contribution is 0.414. The van der Waals surface area contributed by atoms with Gasteiger partial charge in [0.25, 0.3) is 0 Å². The van der Waals surface area contributed by atoms with Gasteiger partial charge in [0.05, 0.1) is 31.8 Å². The van der Waals surface area contributed by atoms with Crippen LogP contribution in [0.2, 0.25) is 0 Å². The minimum absolute atomic E-state index is 0.451. The molecule has 0 amide bonds. The van der Waals surface area contributed by atoms with Gasteiger partial charge in [-0.05, 0) is 29.8 Å². The molecule has 0 spiro atoms. The van der Waals surface area contributed by atoms with E-state index in [1.165, 1.54) is 0 Å². The van der Waals surface area contributed by atoms with E-state index in [1.54, 1.807) is 14.2 Å². The number of nitrogen functional groups attached to an aromatic ring is 1. The Hall–Kier alpha value is -3.48. The lowest BCUT2D eigenvalue weighted by atomic mass is 10.2. The summed E-state index contributed by atoms with van der Waals surface area (Å²) in [6.07, 6.45) is 0. The first-order chi connectivity index (χ1) is 12.7. The topological polar surface area (TPSA) is 91.0 Å². The Kier molecular flexibility index (Phi) is 3.96. The van der Waals surface area contributed by atoms with E-state index < -0.39 is 0 Å². The molecule has 0 aliphatic rings. The van der Waals surface area contributed by atoms with Gasteiger partial charge in [0.1, 0.15) is 23.0 Å². The summed E-state index contributed by atoms with van der Waals surface area (Å²) < 4.78 is 12.3. The van der Waals surface area contributed by atoms with E-state index in [4.69, 9.17) is 15.2 Å². The molecule has 0 radical (unpaired) electrons. The second kappa shape index (κ2) is 6.44. The molecular weight excluding hydrogens is 330 g/mol. The molecule has 26 heavy (non-hydrogen) atoms. The summed E-state index contributed by atoms with van der Waals surface area (Å²) in [5.74, 6) is 2.75. The zero-order valence-corrected chi connectivity index (χ0v) is 14.6. The van der Waals surface area contributed by atoms with Crippen LogP contribution in [0.1, 0.15) is 5.56 Å². The quantitative estimate of drug-likeness (QED) is 0.578. The van der Waals surface area contributed by atoms with Gasteiger partial charge in [-0.25, -0.2) is 4.98 Å². The van der Waals surface area contributed by atoms with Crippen LogP contribution in [-0.2, 0) is 6.54 Å². The molecule has 2 heterocycles. The number of fused-ring (bicyclic) bond motifs is 1. The van der Waals surface area contributed by atoms with E-state index in [0.717, 1.165) is 33.8 Å². The fourth-order valence-corrected chi connectivity index (χ4v) is 2.89. The Morgan fingerprint density at radius 3 is 2.46 bits per heavy atom. The molecule has 0 saturated heterocycles. The lowest BCUT2D eigenvalue weighted by Gasteiger charge is -2.06. The number of nitrogens with zero attached hydrogens (tertiary/aromatic N) is 3. The van der Waals surface area contributed by atoms with E-state index >= 15 is 0 Å². The fraction of sp³-hybridized carbons (Fsp3) is 0.158. The summed E-state index contributed by atoms with van der Waals surface area (Å²) in [6, 6.07) is 15.4. The van der Waals surface area contributed by atoms with Crippen LogP contribution in [0.15, 0.2) is 48.5 Å². The second-order valence-corrected chi connectivity index (χ2v) is 5.93. The molecule has 0 aliphatic carbocycles. The van der Waals surface area contributed by atoms with Crippen molar-refractivity contribution in [2.75, 3.05) is 20.0 Å². The van der Waals surface area contributed by atoms with Gasteiger partial charge in [-0.2, -0.15) is 5.10 Å². The maximum absolute atomic E-state index is 5.94. The highest BCUT2D eigenvalue weighted by molar-refractivity contribution is 5.80. The van der Waals surface area contributed by atoms with Gasteiger partial charge < -0.3 is 20.2 Å². The van der Waals surface area contributed by atoms with Crippen molar-refractivity contribution in [2.24, 2.45) is 0 Å². The third-order valence-electron chi connectivity index (χ3n) is 4.22. The van der Waals surface area contributed by atoms with Crippen LogP contribution in [0.5, 0.6) is 11.5 Å². The Balaban J connectivity index is 1.70. The van der Waals surface area contributed by atoms with Gasteiger partial charge in [-0.15, -0.1) is 0 Å². The third kappa shape index (κ3) is 2.95. The van der Waals surface area contributed by atoms with Crippen molar-refractivity contribution in [3.05, 3.63) is 54.1 Å². The number of hydrogen-bond donors (Lipinski definition) is 2. The van der Waals surface area contributed by atoms with Crippen LogP contribution in [-0.4, -0.2) is 34.0 Å². The molecule has 0 atom stereocenters. The molecule has 2 aromatic carbocycles. The van der Waals surface area contributed by atoms with Crippen LogP contribution in [0.3, 0.4) is 0 Å². The number of aromatic amines is 1. The molecule has 3 N–H and O–H groups in total. The Morgan fingerprint density at radius 1 is 1.00 bits per heavy atom. The maximum atomic E-state index is 5.94. The molecule has 0 saturated carbocycles. The average molecular weight is 349 g/mol. The van der Waals surface area contributed by atoms with Gasteiger partial charge in [0, 0.05) is 12.1 Å². The van der Waals surface area contributed by atoms with E-state index in [9.17, 15) is 0 Å². The van der Waals surface area contributed by atoms with Crippen LogP contribution in [0.4, 0.5) is 5.82 Å². The molecule has 4 rings (SSSR count). The summed E-state index contributed by atoms with van der Waals surface area (Å²) in [5.41, 5.74) is 9.62. The highest BCUT2D eigenvalue weighted by Crippen LogP contribution is 2.25. The number of nitrogens with two attached hydrogens (primary N) is 1. The van der Waals surface area contributed by atoms with Crippen molar-refractivity contribution in [3.63, 3.8) is 0 Å². The standard InChI is InChI=1S/C19H19N5O2/c1-25-13-5-3-12(4-6-13)11-24-17(10-18(20)23-24)19-21-15-8-7-14(26-2)9-16(15)22-19/h3-10H,11H2,1-2H3,(H2,20,23)(H,21,22). The first kappa shape index (κ1) is 16.0. The van der Waals surface area contributed by atoms with Crippen LogP contribution >= 0.6 is 0 Å². The number of H-pyrrole nitrogens is 1. The molecule has 132 valence electrons. The zero-order valence-electron chi connectivity index (χ0n) is 14.6. The van der Waals surface area contributed by atoms with Crippen molar-refractivity contribution in [1.29, 1.82) is 0 Å². The summed E-state index contributed by atoms with van der Waals surface area (Å²) in [6.45, 7) is 0.580. The number of rotatable bonds is 5. The van der Waals surface area contributed by atoms with Gasteiger partial charge >= 0.3 is 0 Å². The smallest absolute Gasteiger partial charge is 0.156 e. The largest absolute Gasteiger partial charge is 0.497 e. The van der Waals surface area contributed by atoms with Crippen molar-refractivity contribution in [3.8, 4) is 23.0 Å². The monoisotopic (exact) mass is 349 g/mol. The Morgan fingerprint density at radius 2 is 1.73 bits per heavy atom. The highest BCUT2D eigenvalue weighted by Gasteiger charge is 2.14. The summed E-state index contributed by atoms with van der Waals surface area (Å²) in [5, 5.41) is 4.41. The highest BCUT2D eigenvalue weighted by atomic mass is 16.5. The van der Waals surface area contributed by atoms with Crippen molar-refractivity contribution in [2.45, 2.75) is 6.54 Å². The number of methoxy groups -OCH3 is 2. The maximum Gasteiger partial charge on any atom is 0.156 e. The van der Waals surface area contributed by atoms with Crippen LogP contribution < -0.4 is 15.2 Å². The lowest BCUT2D eigenvalue weighted by Crippen LogP contribution is -2.05. The Labute approximate surface area is 150 Å². The third-order valence-corrected chi connectivity index (χ3v) is 4.22. The number of anilines is 1. The molecule has 0 fully saturated rings. The molecule has 0 aliphatic heterocycles. The van der Waals surface area contributed by atoms with Gasteiger partial charge in [-0.1, -0.05) is 12.1 Å². The predicted molar refractivity (Wildman–Crippen MR) is 100 cm³/mol. The number of benzene rings is 2. The molecule has 0 unspecified atom stereocenters. The summed E-state index contributed by atoms with van der Waals surface area (Å²) in [4.78, 5) is 7.98. The number of nitrogens with one attached hydrogen (secondary N) is 1. The van der Waals surface area contributed by atoms with E-state index in [0.29, 0.717) is 18.2 Å².